The Morgan fingerprint density at radius 2 is 1.52 bits per heavy atom. The summed E-state index contributed by atoms with van der Waals surface area (Å²) in [6, 6.07) is 13.7. The molecule has 2 saturated carbocycles. The van der Waals surface area contributed by atoms with Gasteiger partial charge in [0.15, 0.2) is 0 Å². The highest BCUT2D eigenvalue weighted by atomic mass is 15.4. The van der Waals surface area contributed by atoms with Crippen molar-refractivity contribution < 1.29 is 0 Å². The van der Waals surface area contributed by atoms with Crippen LogP contribution in [0.2, 0.25) is 0 Å². The molecule has 3 aromatic rings. The number of anilines is 1. The predicted molar refractivity (Wildman–Crippen MR) is 127 cm³/mol. The summed E-state index contributed by atoms with van der Waals surface area (Å²) >= 11 is 0. The Balaban J connectivity index is 1.59. The standard InChI is InChI=1S/C28H29N3/c1-18-7-9-21-20-10-8-19-6-5-15-29-24(19)22(20)27(11-12-27)28(13-14-28)23(21)25(18)31-17-16-30(4)26(31,2)3/h5-10,15-17H,11-14H2,1-4H3. The van der Waals surface area contributed by atoms with Gasteiger partial charge in [-0.05, 0) is 80.3 Å². The third-order valence-electron chi connectivity index (χ3n) is 8.95. The second-order valence-corrected chi connectivity index (χ2v) is 10.7. The van der Waals surface area contributed by atoms with Crippen LogP contribution in [0.1, 0.15) is 56.2 Å². The molecule has 3 nitrogen and oxygen atoms in total. The zero-order valence-electron chi connectivity index (χ0n) is 18.9. The van der Waals surface area contributed by atoms with E-state index in [1.807, 2.05) is 6.20 Å². The topological polar surface area (TPSA) is 19.4 Å². The lowest BCUT2D eigenvalue weighted by Crippen LogP contribution is -2.48. The SMILES string of the molecule is Cc1ccc2c(c1N1C=CN(C)C1(C)C)C1(CC1)C1(CC1)c1c-2ccc2cccnc12. The molecule has 7 rings (SSSR count). The lowest BCUT2D eigenvalue weighted by atomic mass is 9.65. The lowest BCUT2D eigenvalue weighted by molar-refractivity contribution is 0.252. The van der Waals surface area contributed by atoms with Crippen LogP contribution in [-0.2, 0) is 10.8 Å². The molecule has 0 bridgehead atoms. The van der Waals surface area contributed by atoms with E-state index in [0.717, 1.165) is 0 Å². The molecular weight excluding hydrogens is 378 g/mol. The van der Waals surface area contributed by atoms with Gasteiger partial charge in [-0.1, -0.05) is 30.3 Å². The number of aromatic nitrogens is 1. The summed E-state index contributed by atoms with van der Waals surface area (Å²) in [5, 5.41) is 1.28. The summed E-state index contributed by atoms with van der Waals surface area (Å²) in [5.74, 6) is 0. The van der Waals surface area contributed by atoms with Gasteiger partial charge in [0, 0.05) is 41.9 Å². The van der Waals surface area contributed by atoms with Gasteiger partial charge in [0.2, 0.25) is 0 Å². The molecule has 4 aliphatic rings. The van der Waals surface area contributed by atoms with Crippen LogP contribution >= 0.6 is 0 Å². The van der Waals surface area contributed by atoms with Crippen LogP contribution in [0.4, 0.5) is 5.69 Å². The Kier molecular flexibility index (Phi) is 3.06. The lowest BCUT2D eigenvalue weighted by Gasteiger charge is -2.44. The highest BCUT2D eigenvalue weighted by Gasteiger charge is 2.70. The van der Waals surface area contributed by atoms with Crippen LogP contribution in [-0.4, -0.2) is 22.6 Å². The summed E-state index contributed by atoms with van der Waals surface area (Å²) in [5.41, 5.74) is 10.5. The van der Waals surface area contributed by atoms with Crippen molar-refractivity contribution in [2.75, 3.05) is 11.9 Å². The van der Waals surface area contributed by atoms with E-state index >= 15 is 0 Å². The van der Waals surface area contributed by atoms with E-state index in [0.29, 0.717) is 0 Å². The molecule has 0 saturated heterocycles. The van der Waals surface area contributed by atoms with E-state index in [-0.39, 0.29) is 16.5 Å². The first-order valence-electron chi connectivity index (χ1n) is 11.6. The minimum absolute atomic E-state index is 0.0715. The second kappa shape index (κ2) is 5.32. The van der Waals surface area contributed by atoms with Crippen LogP contribution in [0.15, 0.2) is 55.0 Å². The van der Waals surface area contributed by atoms with E-state index < -0.39 is 0 Å². The first-order chi connectivity index (χ1) is 14.9. The van der Waals surface area contributed by atoms with Crippen molar-refractivity contribution in [1.29, 1.82) is 0 Å². The van der Waals surface area contributed by atoms with Crippen molar-refractivity contribution in [2.24, 2.45) is 0 Å². The molecule has 0 amide bonds. The third-order valence-corrected chi connectivity index (χ3v) is 8.95. The molecule has 3 heteroatoms. The maximum absolute atomic E-state index is 4.92. The molecule has 3 aliphatic carbocycles. The van der Waals surface area contributed by atoms with Gasteiger partial charge in [-0.2, -0.15) is 0 Å². The summed E-state index contributed by atoms with van der Waals surface area (Å²) in [6.45, 7) is 6.95. The smallest absolute Gasteiger partial charge is 0.110 e. The molecule has 1 aromatic heterocycles. The van der Waals surface area contributed by atoms with E-state index in [9.17, 15) is 0 Å². The molecule has 2 aromatic carbocycles. The van der Waals surface area contributed by atoms with Gasteiger partial charge in [-0.15, -0.1) is 0 Å². The number of nitrogens with zero attached hydrogens (tertiary/aromatic N) is 3. The highest BCUT2D eigenvalue weighted by Crippen LogP contribution is 2.77. The first kappa shape index (κ1) is 17.8. The zero-order valence-corrected chi connectivity index (χ0v) is 18.9. The van der Waals surface area contributed by atoms with E-state index in [4.69, 9.17) is 4.98 Å². The molecule has 2 fully saturated rings. The fraction of sp³-hybridized carbons (Fsp3) is 0.393. The van der Waals surface area contributed by atoms with Crippen LogP contribution in [0, 0.1) is 6.92 Å². The quantitative estimate of drug-likeness (QED) is 0.475. The number of aryl methyl sites for hydroxylation is 1. The second-order valence-electron chi connectivity index (χ2n) is 10.7. The van der Waals surface area contributed by atoms with Gasteiger partial charge in [-0.3, -0.25) is 4.98 Å². The molecule has 0 radical (unpaired) electrons. The molecular formula is C28H29N3. The van der Waals surface area contributed by atoms with E-state index in [1.165, 1.54) is 59.0 Å². The van der Waals surface area contributed by atoms with Crippen LogP contribution < -0.4 is 4.90 Å². The van der Waals surface area contributed by atoms with Gasteiger partial charge in [-0.25, -0.2) is 0 Å². The number of rotatable bonds is 1. The number of hydrogen-bond acceptors (Lipinski definition) is 3. The number of benzene rings is 2. The summed E-state index contributed by atoms with van der Waals surface area (Å²) in [6.07, 6.45) is 11.7. The van der Waals surface area contributed by atoms with Gasteiger partial charge < -0.3 is 9.80 Å². The first-order valence-corrected chi connectivity index (χ1v) is 11.6. The molecule has 156 valence electrons. The Hall–Kier alpha value is -2.81. The average Bonchev–Trinajstić information content (AvgIpc) is 3.67. The van der Waals surface area contributed by atoms with Crippen LogP contribution in [0.25, 0.3) is 22.0 Å². The Bertz CT molecular complexity index is 1310. The highest BCUT2D eigenvalue weighted by molar-refractivity contribution is 5.96. The van der Waals surface area contributed by atoms with Crippen LogP contribution in [0.5, 0.6) is 0 Å². The largest absolute Gasteiger partial charge is 0.357 e. The van der Waals surface area contributed by atoms with Crippen molar-refractivity contribution in [3.8, 4) is 11.1 Å². The maximum atomic E-state index is 4.92. The van der Waals surface area contributed by atoms with E-state index in [1.54, 1.807) is 11.1 Å². The maximum Gasteiger partial charge on any atom is 0.110 e. The average molecular weight is 408 g/mol. The molecule has 2 spiro atoms. The summed E-state index contributed by atoms with van der Waals surface area (Å²) in [7, 11) is 2.18. The summed E-state index contributed by atoms with van der Waals surface area (Å²) < 4.78 is 0. The van der Waals surface area contributed by atoms with E-state index in [2.05, 4.69) is 86.4 Å². The predicted octanol–water partition coefficient (Wildman–Crippen LogP) is 6.25. The van der Waals surface area contributed by atoms with Crippen molar-refractivity contribution >= 4 is 16.6 Å². The third kappa shape index (κ3) is 1.94. The van der Waals surface area contributed by atoms with Gasteiger partial charge in [0.25, 0.3) is 0 Å². The molecule has 0 N–H and O–H groups in total. The van der Waals surface area contributed by atoms with Gasteiger partial charge in [0.1, 0.15) is 5.66 Å². The minimum atomic E-state index is -0.0715. The molecule has 1 aliphatic heterocycles. The number of hydrogen-bond donors (Lipinski definition) is 0. The monoisotopic (exact) mass is 407 g/mol. The molecule has 2 heterocycles. The minimum Gasteiger partial charge on any atom is -0.357 e. The molecule has 0 atom stereocenters. The molecule has 31 heavy (non-hydrogen) atoms. The normalized spacial score (nSPS) is 22.8. The van der Waals surface area contributed by atoms with Crippen LogP contribution in [0.3, 0.4) is 0 Å². The van der Waals surface area contributed by atoms with Crippen molar-refractivity contribution in [1.82, 2.24) is 9.88 Å². The van der Waals surface area contributed by atoms with Crippen molar-refractivity contribution in [3.05, 3.63) is 71.7 Å². The fourth-order valence-corrected chi connectivity index (χ4v) is 6.80. The number of pyridine rings is 1. The Labute approximate surface area is 184 Å². The molecule has 0 unspecified atom stereocenters. The Morgan fingerprint density at radius 3 is 2.19 bits per heavy atom. The summed E-state index contributed by atoms with van der Waals surface area (Å²) in [4.78, 5) is 9.77. The van der Waals surface area contributed by atoms with Crippen molar-refractivity contribution in [2.45, 2.75) is 62.9 Å². The fourth-order valence-electron chi connectivity index (χ4n) is 6.80. The van der Waals surface area contributed by atoms with Crippen molar-refractivity contribution in [3.63, 3.8) is 0 Å². The van der Waals surface area contributed by atoms with Gasteiger partial charge in [0.05, 0.1) is 11.2 Å². The zero-order chi connectivity index (χ0) is 21.2. The number of fused-ring (bicyclic) bond motifs is 8. The van der Waals surface area contributed by atoms with Gasteiger partial charge >= 0.3 is 0 Å². The Morgan fingerprint density at radius 1 is 0.839 bits per heavy atom.